The van der Waals surface area contributed by atoms with Crippen LogP contribution in [-0.4, -0.2) is 23.6 Å². The van der Waals surface area contributed by atoms with Gasteiger partial charge < -0.3 is 4.74 Å². The van der Waals surface area contributed by atoms with Crippen LogP contribution in [0.25, 0.3) is 0 Å². The van der Waals surface area contributed by atoms with Gasteiger partial charge in [-0.15, -0.1) is 0 Å². The van der Waals surface area contributed by atoms with Gasteiger partial charge in [0.1, 0.15) is 11.4 Å². The van der Waals surface area contributed by atoms with Gasteiger partial charge in [-0.25, -0.2) is 0 Å². The zero-order valence-electron chi connectivity index (χ0n) is 13.2. The van der Waals surface area contributed by atoms with Crippen LogP contribution in [0.15, 0.2) is 24.3 Å². The summed E-state index contributed by atoms with van der Waals surface area (Å²) in [6, 6.07) is 9.37. The van der Waals surface area contributed by atoms with Crippen LogP contribution in [0.5, 0.6) is 5.75 Å². The van der Waals surface area contributed by atoms with Crippen molar-refractivity contribution in [1.82, 2.24) is 4.90 Å². The Hall–Kier alpha value is -1.02. The van der Waals surface area contributed by atoms with E-state index in [1.165, 1.54) is 63.6 Å². The number of rotatable bonds is 1. The van der Waals surface area contributed by atoms with E-state index in [0.29, 0.717) is 6.04 Å². The number of benzene rings is 1. The van der Waals surface area contributed by atoms with Crippen molar-refractivity contribution in [3.05, 3.63) is 29.8 Å². The minimum absolute atomic E-state index is 0.141. The van der Waals surface area contributed by atoms with E-state index in [0.717, 1.165) is 11.7 Å². The van der Waals surface area contributed by atoms with E-state index in [1.807, 2.05) is 0 Å². The number of nitrogens with zero attached hydrogens (tertiary/aromatic N) is 1. The van der Waals surface area contributed by atoms with Crippen LogP contribution in [0.2, 0.25) is 0 Å². The average molecular weight is 285 g/mol. The van der Waals surface area contributed by atoms with E-state index in [2.05, 4.69) is 36.1 Å². The van der Waals surface area contributed by atoms with Gasteiger partial charge in [-0.2, -0.15) is 0 Å². The summed E-state index contributed by atoms with van der Waals surface area (Å²) in [6.07, 6.45) is 9.10. The lowest BCUT2D eigenvalue weighted by atomic mass is 9.84. The first-order valence-electron chi connectivity index (χ1n) is 8.78. The molecule has 0 aromatic heterocycles. The largest absolute Gasteiger partial charge is 0.487 e. The monoisotopic (exact) mass is 285 g/mol. The lowest BCUT2D eigenvalue weighted by Crippen LogP contribution is -2.45. The molecule has 4 rings (SSSR count). The quantitative estimate of drug-likeness (QED) is 0.750. The SMILES string of the molecule is CC1CCN(C2CC3(CCCC3)Oc3ccccc32)CC1. The predicted octanol–water partition coefficient (Wildman–Crippen LogP) is 4.55. The maximum atomic E-state index is 6.50. The molecule has 3 aliphatic rings. The first-order valence-corrected chi connectivity index (χ1v) is 8.78. The highest BCUT2D eigenvalue weighted by Crippen LogP contribution is 2.49. The molecule has 0 amide bonds. The Morgan fingerprint density at radius 2 is 1.81 bits per heavy atom. The third kappa shape index (κ3) is 2.48. The van der Waals surface area contributed by atoms with E-state index >= 15 is 0 Å². The van der Waals surface area contributed by atoms with Crippen molar-refractivity contribution < 1.29 is 4.74 Å². The summed E-state index contributed by atoms with van der Waals surface area (Å²) in [4.78, 5) is 2.74. The average Bonchev–Trinajstić information content (AvgIpc) is 2.95. The molecule has 1 spiro atoms. The zero-order valence-corrected chi connectivity index (χ0v) is 13.2. The maximum absolute atomic E-state index is 6.50. The van der Waals surface area contributed by atoms with Crippen LogP contribution < -0.4 is 4.74 Å². The molecular formula is C19H27NO. The normalized spacial score (nSPS) is 29.3. The molecule has 0 radical (unpaired) electrons. The second-order valence-electron chi connectivity index (χ2n) is 7.47. The molecule has 0 N–H and O–H groups in total. The van der Waals surface area contributed by atoms with E-state index in [-0.39, 0.29) is 5.60 Å². The Morgan fingerprint density at radius 3 is 2.57 bits per heavy atom. The lowest BCUT2D eigenvalue weighted by molar-refractivity contribution is -0.000946. The fraction of sp³-hybridized carbons (Fsp3) is 0.684. The van der Waals surface area contributed by atoms with E-state index in [1.54, 1.807) is 0 Å². The molecule has 1 aromatic rings. The molecule has 1 aliphatic carbocycles. The van der Waals surface area contributed by atoms with Crippen molar-refractivity contribution in [2.45, 2.75) is 63.5 Å². The van der Waals surface area contributed by atoms with Crippen LogP contribution in [0.4, 0.5) is 0 Å². The predicted molar refractivity (Wildman–Crippen MR) is 85.6 cm³/mol. The topological polar surface area (TPSA) is 12.5 Å². The molecule has 2 heteroatoms. The van der Waals surface area contributed by atoms with Crippen molar-refractivity contribution in [3.63, 3.8) is 0 Å². The molecule has 2 heterocycles. The summed E-state index contributed by atoms with van der Waals surface area (Å²) in [5.74, 6) is 2.06. The van der Waals surface area contributed by atoms with Crippen LogP contribution in [0.3, 0.4) is 0 Å². The standard InChI is InChI=1S/C19H27NO/c1-15-8-12-20(13-9-15)17-14-19(10-4-5-11-19)21-18-7-3-2-6-16(17)18/h2-3,6-7,15,17H,4-5,8-14H2,1H3. The molecule has 1 unspecified atom stereocenters. The maximum Gasteiger partial charge on any atom is 0.124 e. The molecule has 2 fully saturated rings. The number of piperidine rings is 1. The smallest absolute Gasteiger partial charge is 0.124 e. The molecule has 2 nitrogen and oxygen atoms in total. The molecule has 114 valence electrons. The zero-order chi connectivity index (χ0) is 14.3. The summed E-state index contributed by atoms with van der Waals surface area (Å²) in [6.45, 7) is 4.92. The van der Waals surface area contributed by atoms with Gasteiger partial charge in [-0.05, 0) is 63.6 Å². The van der Waals surface area contributed by atoms with Gasteiger partial charge in [-0.3, -0.25) is 4.90 Å². The number of hydrogen-bond donors (Lipinski definition) is 0. The highest BCUT2D eigenvalue weighted by Gasteiger charge is 2.44. The van der Waals surface area contributed by atoms with Gasteiger partial charge in [0.25, 0.3) is 0 Å². The Balaban J connectivity index is 1.65. The number of ether oxygens (including phenoxy) is 1. The molecule has 1 saturated carbocycles. The van der Waals surface area contributed by atoms with E-state index in [9.17, 15) is 0 Å². The fourth-order valence-corrected chi connectivity index (χ4v) is 4.58. The van der Waals surface area contributed by atoms with Crippen LogP contribution in [-0.2, 0) is 0 Å². The Morgan fingerprint density at radius 1 is 1.10 bits per heavy atom. The number of fused-ring (bicyclic) bond motifs is 1. The molecule has 1 atom stereocenters. The fourth-order valence-electron chi connectivity index (χ4n) is 4.58. The van der Waals surface area contributed by atoms with Crippen LogP contribution >= 0.6 is 0 Å². The van der Waals surface area contributed by atoms with Crippen molar-refractivity contribution in [1.29, 1.82) is 0 Å². The molecule has 1 saturated heterocycles. The highest BCUT2D eigenvalue weighted by atomic mass is 16.5. The van der Waals surface area contributed by atoms with Gasteiger partial charge in [0.15, 0.2) is 0 Å². The summed E-state index contributed by atoms with van der Waals surface area (Å²) in [5.41, 5.74) is 1.58. The van der Waals surface area contributed by atoms with E-state index in [4.69, 9.17) is 4.74 Å². The van der Waals surface area contributed by atoms with Crippen LogP contribution in [0, 0.1) is 5.92 Å². The Labute approximate surface area is 128 Å². The third-order valence-corrected chi connectivity index (χ3v) is 5.94. The first-order chi connectivity index (χ1) is 10.3. The minimum Gasteiger partial charge on any atom is -0.487 e. The van der Waals surface area contributed by atoms with Gasteiger partial charge >= 0.3 is 0 Å². The van der Waals surface area contributed by atoms with Crippen molar-refractivity contribution in [3.8, 4) is 5.75 Å². The van der Waals surface area contributed by atoms with Crippen molar-refractivity contribution in [2.24, 2.45) is 5.92 Å². The number of likely N-dealkylation sites (tertiary alicyclic amines) is 1. The second-order valence-corrected chi connectivity index (χ2v) is 7.47. The van der Waals surface area contributed by atoms with Crippen LogP contribution in [0.1, 0.15) is 63.5 Å². The number of para-hydroxylation sites is 1. The van der Waals surface area contributed by atoms with Gasteiger partial charge in [0.2, 0.25) is 0 Å². The molecule has 0 bridgehead atoms. The third-order valence-electron chi connectivity index (χ3n) is 5.94. The molecule has 1 aromatic carbocycles. The first kappa shape index (κ1) is 13.6. The Bertz CT molecular complexity index is 498. The summed E-state index contributed by atoms with van der Waals surface area (Å²) in [5, 5.41) is 0. The van der Waals surface area contributed by atoms with Gasteiger partial charge in [0.05, 0.1) is 0 Å². The van der Waals surface area contributed by atoms with Crippen molar-refractivity contribution >= 4 is 0 Å². The van der Waals surface area contributed by atoms with E-state index < -0.39 is 0 Å². The van der Waals surface area contributed by atoms with Crippen molar-refractivity contribution in [2.75, 3.05) is 13.1 Å². The Kier molecular flexibility index (Phi) is 3.45. The lowest BCUT2D eigenvalue weighted by Gasteiger charge is -2.46. The molecule has 2 aliphatic heterocycles. The molecular weight excluding hydrogens is 258 g/mol. The summed E-state index contributed by atoms with van der Waals surface area (Å²) < 4.78 is 6.50. The van der Waals surface area contributed by atoms with Gasteiger partial charge in [0, 0.05) is 18.0 Å². The summed E-state index contributed by atoms with van der Waals surface area (Å²) >= 11 is 0. The molecule has 21 heavy (non-hydrogen) atoms. The number of hydrogen-bond acceptors (Lipinski definition) is 2. The highest BCUT2D eigenvalue weighted by molar-refractivity contribution is 5.39. The minimum atomic E-state index is 0.141. The summed E-state index contributed by atoms with van der Waals surface area (Å²) in [7, 11) is 0. The second kappa shape index (κ2) is 5.31. The van der Waals surface area contributed by atoms with Gasteiger partial charge in [-0.1, -0.05) is 25.1 Å².